The highest BCUT2D eigenvalue weighted by Crippen LogP contribution is 1.99. The lowest BCUT2D eigenvalue weighted by molar-refractivity contribution is 0.251. The number of hydrogen-bond donors (Lipinski definition) is 2. The summed E-state index contributed by atoms with van der Waals surface area (Å²) in [5.74, 6) is 0. The third-order valence-corrected chi connectivity index (χ3v) is 2.14. The lowest BCUT2D eigenvalue weighted by Gasteiger charge is -2.37. The van der Waals surface area contributed by atoms with Gasteiger partial charge in [0.1, 0.15) is 0 Å². The van der Waals surface area contributed by atoms with E-state index in [4.69, 9.17) is 12.2 Å². The normalized spacial score (nSPS) is 33.9. The van der Waals surface area contributed by atoms with Gasteiger partial charge in [0.05, 0.1) is 12.3 Å². The Morgan fingerprint density at radius 3 is 2.60 bits per heavy atom. The lowest BCUT2D eigenvalue weighted by Crippen LogP contribution is -2.62. The van der Waals surface area contributed by atoms with Gasteiger partial charge in [-0.25, -0.2) is 0 Å². The molecule has 0 aliphatic carbocycles. The van der Waals surface area contributed by atoms with Crippen LogP contribution in [0, 0.1) is 0 Å². The van der Waals surface area contributed by atoms with Crippen molar-refractivity contribution in [3.8, 4) is 0 Å². The minimum Gasteiger partial charge on any atom is -0.347 e. The van der Waals surface area contributed by atoms with Crippen LogP contribution >= 0.6 is 12.2 Å². The molecule has 0 aromatic heterocycles. The fourth-order valence-electron chi connectivity index (χ4n) is 0.978. The van der Waals surface area contributed by atoms with Gasteiger partial charge in [0.15, 0.2) is 5.11 Å². The van der Waals surface area contributed by atoms with Crippen molar-refractivity contribution >= 4 is 17.3 Å². The maximum absolute atomic E-state index is 5.06. The molecule has 10 heavy (non-hydrogen) atoms. The molecule has 0 bridgehead atoms. The topological polar surface area (TPSA) is 27.3 Å². The van der Waals surface area contributed by atoms with Crippen molar-refractivity contribution in [2.75, 3.05) is 7.05 Å². The number of nitrogens with one attached hydrogen (secondary N) is 2. The third-order valence-electron chi connectivity index (χ3n) is 1.73. The zero-order chi connectivity index (χ0) is 7.72. The molecule has 2 unspecified atom stereocenters. The van der Waals surface area contributed by atoms with Crippen molar-refractivity contribution in [1.82, 2.24) is 15.5 Å². The number of hydrogen-bond acceptors (Lipinski definition) is 2. The summed E-state index contributed by atoms with van der Waals surface area (Å²) in [6, 6.07) is 0. The van der Waals surface area contributed by atoms with Crippen LogP contribution in [0.2, 0.25) is 0 Å². The Morgan fingerprint density at radius 1 is 1.50 bits per heavy atom. The van der Waals surface area contributed by atoms with E-state index in [9.17, 15) is 0 Å². The fourth-order valence-corrected chi connectivity index (χ4v) is 1.31. The van der Waals surface area contributed by atoms with E-state index in [0.717, 1.165) is 5.11 Å². The molecule has 0 saturated carbocycles. The van der Waals surface area contributed by atoms with Gasteiger partial charge in [-0.2, -0.15) is 0 Å². The van der Waals surface area contributed by atoms with E-state index in [1.807, 2.05) is 11.9 Å². The summed E-state index contributed by atoms with van der Waals surface area (Å²) in [6.07, 6.45) is 0.627. The first kappa shape index (κ1) is 7.75. The molecule has 1 fully saturated rings. The van der Waals surface area contributed by atoms with E-state index < -0.39 is 0 Å². The van der Waals surface area contributed by atoms with Gasteiger partial charge in [-0.3, -0.25) is 5.32 Å². The van der Waals surface area contributed by atoms with E-state index in [0.29, 0.717) is 12.3 Å². The fraction of sp³-hybridized carbons (Fsp3) is 0.833. The minimum atomic E-state index is 0.290. The first-order chi connectivity index (χ1) is 4.61. The molecule has 2 N–H and O–H groups in total. The summed E-state index contributed by atoms with van der Waals surface area (Å²) in [5, 5.41) is 7.21. The predicted octanol–water partition coefficient (Wildman–Crippen LogP) is 0.0879. The van der Waals surface area contributed by atoms with Gasteiger partial charge in [-0.05, 0) is 26.1 Å². The summed E-state index contributed by atoms with van der Waals surface area (Å²) in [7, 11) is 1.97. The molecule has 1 aliphatic heterocycles. The lowest BCUT2D eigenvalue weighted by atomic mass is 10.4. The first-order valence-electron chi connectivity index (χ1n) is 3.40. The highest BCUT2D eigenvalue weighted by Gasteiger charge is 2.20. The van der Waals surface area contributed by atoms with Crippen molar-refractivity contribution in [2.24, 2.45) is 0 Å². The summed E-state index contributed by atoms with van der Waals surface area (Å²) >= 11 is 5.06. The maximum Gasteiger partial charge on any atom is 0.171 e. The van der Waals surface area contributed by atoms with Crippen molar-refractivity contribution in [3.63, 3.8) is 0 Å². The van der Waals surface area contributed by atoms with Crippen LogP contribution in [-0.4, -0.2) is 29.4 Å². The van der Waals surface area contributed by atoms with Crippen molar-refractivity contribution in [3.05, 3.63) is 0 Å². The van der Waals surface area contributed by atoms with Gasteiger partial charge in [0, 0.05) is 7.05 Å². The Kier molecular flexibility index (Phi) is 2.11. The average molecular weight is 159 g/mol. The van der Waals surface area contributed by atoms with E-state index in [2.05, 4.69) is 24.5 Å². The van der Waals surface area contributed by atoms with E-state index in [1.165, 1.54) is 0 Å². The van der Waals surface area contributed by atoms with Crippen LogP contribution in [0.15, 0.2) is 0 Å². The predicted molar refractivity (Wildman–Crippen MR) is 45.6 cm³/mol. The molecule has 0 spiro atoms. The molecular weight excluding hydrogens is 146 g/mol. The second kappa shape index (κ2) is 2.72. The summed E-state index contributed by atoms with van der Waals surface area (Å²) in [6.45, 7) is 4.14. The molecule has 1 heterocycles. The van der Waals surface area contributed by atoms with Gasteiger partial charge >= 0.3 is 0 Å². The van der Waals surface area contributed by atoms with E-state index in [-0.39, 0.29) is 0 Å². The van der Waals surface area contributed by atoms with Crippen molar-refractivity contribution in [1.29, 1.82) is 0 Å². The quantitative estimate of drug-likeness (QED) is 0.490. The van der Waals surface area contributed by atoms with Crippen LogP contribution in [0.25, 0.3) is 0 Å². The van der Waals surface area contributed by atoms with Crippen molar-refractivity contribution < 1.29 is 0 Å². The number of nitrogens with zero attached hydrogens (tertiary/aromatic N) is 1. The molecule has 1 rings (SSSR count). The Balaban J connectivity index is 2.57. The molecule has 0 amide bonds. The minimum absolute atomic E-state index is 0.290. The molecule has 3 nitrogen and oxygen atoms in total. The highest BCUT2D eigenvalue weighted by atomic mass is 32.1. The second-order valence-electron chi connectivity index (χ2n) is 2.62. The average Bonchev–Trinajstić information content (AvgIpc) is 1.82. The first-order valence-corrected chi connectivity index (χ1v) is 3.81. The Labute approximate surface area is 66.8 Å². The standard InChI is InChI=1S/C6H13N3S/c1-4-7-5(2)9(3)6(10)8-4/h4-5,7H,1-3H3,(H,8,10). The van der Waals surface area contributed by atoms with E-state index in [1.54, 1.807) is 0 Å². The zero-order valence-corrected chi connectivity index (χ0v) is 7.33. The van der Waals surface area contributed by atoms with Gasteiger partial charge < -0.3 is 10.2 Å². The van der Waals surface area contributed by atoms with Crippen LogP contribution < -0.4 is 10.6 Å². The molecule has 0 aromatic rings. The van der Waals surface area contributed by atoms with Crippen LogP contribution in [0.5, 0.6) is 0 Å². The molecule has 0 radical (unpaired) electrons. The van der Waals surface area contributed by atoms with Gasteiger partial charge in [-0.1, -0.05) is 0 Å². The molecule has 4 heteroatoms. The van der Waals surface area contributed by atoms with Gasteiger partial charge in [0.25, 0.3) is 0 Å². The third kappa shape index (κ3) is 1.38. The van der Waals surface area contributed by atoms with Crippen LogP contribution in [0.1, 0.15) is 13.8 Å². The molecule has 1 aliphatic rings. The van der Waals surface area contributed by atoms with Crippen molar-refractivity contribution in [2.45, 2.75) is 26.2 Å². The number of thiocarbonyl (C=S) groups is 1. The van der Waals surface area contributed by atoms with Crippen LogP contribution in [0.4, 0.5) is 0 Å². The van der Waals surface area contributed by atoms with Gasteiger partial charge in [0.2, 0.25) is 0 Å². The molecule has 1 saturated heterocycles. The maximum atomic E-state index is 5.06. The van der Waals surface area contributed by atoms with E-state index >= 15 is 0 Å². The Morgan fingerprint density at radius 2 is 2.10 bits per heavy atom. The summed E-state index contributed by atoms with van der Waals surface area (Å²) in [4.78, 5) is 2.00. The molecular formula is C6H13N3S. The smallest absolute Gasteiger partial charge is 0.171 e. The Bertz CT molecular complexity index is 148. The SMILES string of the molecule is CC1NC(=S)N(C)C(C)N1. The summed E-state index contributed by atoms with van der Waals surface area (Å²) < 4.78 is 0. The highest BCUT2D eigenvalue weighted by molar-refractivity contribution is 7.80. The summed E-state index contributed by atoms with van der Waals surface area (Å²) in [5.41, 5.74) is 0. The van der Waals surface area contributed by atoms with Crippen LogP contribution in [-0.2, 0) is 0 Å². The van der Waals surface area contributed by atoms with Crippen LogP contribution in [0.3, 0.4) is 0 Å². The van der Waals surface area contributed by atoms with Gasteiger partial charge in [-0.15, -0.1) is 0 Å². The second-order valence-corrected chi connectivity index (χ2v) is 3.01. The molecule has 2 atom stereocenters. The monoisotopic (exact) mass is 159 g/mol. The molecule has 0 aromatic carbocycles. The number of rotatable bonds is 0. The largest absolute Gasteiger partial charge is 0.347 e. The zero-order valence-electron chi connectivity index (χ0n) is 6.51. The Hall–Kier alpha value is -0.350. The molecule has 58 valence electrons.